The molecule has 0 bridgehead atoms. The third kappa shape index (κ3) is 4.54. The lowest BCUT2D eigenvalue weighted by atomic mass is 9.97. The van der Waals surface area contributed by atoms with Gasteiger partial charge in [-0.2, -0.15) is 0 Å². The molecule has 1 saturated heterocycles. The zero-order valence-electron chi connectivity index (χ0n) is 22.1. The number of hydrogen-bond acceptors (Lipinski definition) is 9. The molecular formula is C28H32N2O8. The Morgan fingerprint density at radius 2 is 1.61 bits per heavy atom. The van der Waals surface area contributed by atoms with Crippen LogP contribution in [-0.4, -0.2) is 83.5 Å². The molecule has 0 spiro atoms. The SMILES string of the molecule is COc1ccc2c(=O)c3c(oc2c1)C(=O)N(CCCN1CCOCC1)C3c1cc(OC)c(OC)c(OC)c1. The third-order valence-electron chi connectivity index (χ3n) is 7.15. The summed E-state index contributed by atoms with van der Waals surface area (Å²) >= 11 is 0. The first kappa shape index (κ1) is 25.9. The molecule has 5 rings (SSSR count). The smallest absolute Gasteiger partial charge is 0.290 e. The summed E-state index contributed by atoms with van der Waals surface area (Å²) in [6, 6.07) is 7.87. The van der Waals surface area contributed by atoms with Crippen molar-refractivity contribution < 1.29 is 32.9 Å². The number of hydrogen-bond donors (Lipinski definition) is 0. The topological polar surface area (TPSA) is 99.9 Å². The van der Waals surface area contributed by atoms with Crippen LogP contribution in [0.1, 0.15) is 34.1 Å². The number of ether oxygens (including phenoxy) is 5. The summed E-state index contributed by atoms with van der Waals surface area (Å²) in [5.41, 5.74) is 1.01. The minimum Gasteiger partial charge on any atom is -0.497 e. The molecule has 1 atom stereocenters. The van der Waals surface area contributed by atoms with Crippen molar-refractivity contribution >= 4 is 16.9 Å². The van der Waals surface area contributed by atoms with Crippen molar-refractivity contribution in [1.82, 2.24) is 9.80 Å². The fraction of sp³-hybridized carbons (Fsp3) is 0.429. The second-order valence-electron chi connectivity index (χ2n) is 9.20. The molecule has 10 heteroatoms. The van der Waals surface area contributed by atoms with Crippen molar-refractivity contribution in [2.75, 3.05) is 67.8 Å². The van der Waals surface area contributed by atoms with Crippen molar-refractivity contribution in [1.29, 1.82) is 0 Å². The van der Waals surface area contributed by atoms with E-state index in [2.05, 4.69) is 4.90 Å². The predicted octanol–water partition coefficient (Wildman–Crippen LogP) is 3.09. The first-order valence-electron chi connectivity index (χ1n) is 12.6. The van der Waals surface area contributed by atoms with Gasteiger partial charge in [-0.3, -0.25) is 14.5 Å². The Kier molecular flexibility index (Phi) is 7.44. The van der Waals surface area contributed by atoms with Gasteiger partial charge in [0.15, 0.2) is 16.9 Å². The molecule has 1 aromatic heterocycles. The van der Waals surface area contributed by atoms with Gasteiger partial charge in [0.05, 0.1) is 58.6 Å². The lowest BCUT2D eigenvalue weighted by molar-refractivity contribution is 0.0353. The van der Waals surface area contributed by atoms with Gasteiger partial charge in [0, 0.05) is 32.2 Å². The van der Waals surface area contributed by atoms with Gasteiger partial charge in [0.2, 0.25) is 11.5 Å². The van der Waals surface area contributed by atoms with E-state index in [1.165, 1.54) is 28.4 Å². The molecule has 38 heavy (non-hydrogen) atoms. The van der Waals surface area contributed by atoms with E-state index in [4.69, 9.17) is 28.1 Å². The molecule has 1 fully saturated rings. The van der Waals surface area contributed by atoms with Gasteiger partial charge in [-0.25, -0.2) is 0 Å². The average molecular weight is 525 g/mol. The van der Waals surface area contributed by atoms with E-state index in [9.17, 15) is 9.59 Å². The Labute approximate surface area is 220 Å². The fourth-order valence-corrected chi connectivity index (χ4v) is 5.25. The molecule has 0 N–H and O–H groups in total. The van der Waals surface area contributed by atoms with Crippen LogP contribution in [0.25, 0.3) is 11.0 Å². The number of carbonyl (C=O) groups is 1. The number of carbonyl (C=O) groups excluding carboxylic acids is 1. The molecule has 0 radical (unpaired) electrons. The number of morpholine rings is 1. The Morgan fingerprint density at radius 1 is 0.895 bits per heavy atom. The van der Waals surface area contributed by atoms with E-state index >= 15 is 0 Å². The quantitative estimate of drug-likeness (QED) is 0.418. The maximum atomic E-state index is 13.9. The number of fused-ring (bicyclic) bond motifs is 2. The van der Waals surface area contributed by atoms with Crippen LogP contribution in [0.4, 0.5) is 0 Å². The van der Waals surface area contributed by atoms with Gasteiger partial charge in [-0.05, 0) is 36.2 Å². The molecule has 2 aliphatic heterocycles. The normalized spacial score (nSPS) is 17.5. The first-order chi connectivity index (χ1) is 18.5. The molecule has 1 unspecified atom stereocenters. The number of rotatable bonds is 9. The van der Waals surface area contributed by atoms with E-state index in [-0.39, 0.29) is 17.1 Å². The molecule has 2 aromatic carbocycles. The van der Waals surface area contributed by atoms with Gasteiger partial charge < -0.3 is 33.0 Å². The number of benzene rings is 2. The second-order valence-corrected chi connectivity index (χ2v) is 9.20. The van der Waals surface area contributed by atoms with E-state index < -0.39 is 6.04 Å². The zero-order valence-corrected chi connectivity index (χ0v) is 22.1. The average Bonchev–Trinajstić information content (AvgIpc) is 3.23. The molecule has 2 aliphatic rings. The van der Waals surface area contributed by atoms with Crippen LogP contribution in [0, 0.1) is 0 Å². The van der Waals surface area contributed by atoms with E-state index in [1.54, 1.807) is 35.2 Å². The number of nitrogens with zero attached hydrogens (tertiary/aromatic N) is 2. The number of methoxy groups -OCH3 is 4. The predicted molar refractivity (Wildman–Crippen MR) is 140 cm³/mol. The summed E-state index contributed by atoms with van der Waals surface area (Å²) in [6.07, 6.45) is 0.724. The highest BCUT2D eigenvalue weighted by Gasteiger charge is 2.43. The monoisotopic (exact) mass is 524 g/mol. The fourth-order valence-electron chi connectivity index (χ4n) is 5.25. The van der Waals surface area contributed by atoms with Crippen molar-refractivity contribution in [3.63, 3.8) is 0 Å². The second kappa shape index (κ2) is 10.9. The minimum atomic E-state index is -0.682. The van der Waals surface area contributed by atoms with E-state index in [0.717, 1.165) is 26.1 Å². The van der Waals surface area contributed by atoms with Crippen LogP contribution >= 0.6 is 0 Å². The first-order valence-corrected chi connectivity index (χ1v) is 12.6. The molecule has 10 nitrogen and oxygen atoms in total. The Balaban J connectivity index is 1.61. The van der Waals surface area contributed by atoms with Crippen LogP contribution < -0.4 is 24.4 Å². The van der Waals surface area contributed by atoms with Crippen LogP contribution in [0.15, 0.2) is 39.5 Å². The molecular weight excluding hydrogens is 492 g/mol. The summed E-state index contributed by atoms with van der Waals surface area (Å²) in [5, 5.41) is 0.380. The van der Waals surface area contributed by atoms with Gasteiger partial charge in [-0.15, -0.1) is 0 Å². The van der Waals surface area contributed by atoms with Gasteiger partial charge in [-0.1, -0.05) is 0 Å². The maximum absolute atomic E-state index is 13.9. The highest BCUT2D eigenvalue weighted by molar-refractivity contribution is 5.99. The summed E-state index contributed by atoms with van der Waals surface area (Å²) in [4.78, 5) is 31.7. The molecule has 0 saturated carbocycles. The van der Waals surface area contributed by atoms with Gasteiger partial charge >= 0.3 is 0 Å². The highest BCUT2D eigenvalue weighted by Crippen LogP contribution is 2.45. The Bertz CT molecular complexity index is 1370. The van der Waals surface area contributed by atoms with Gasteiger partial charge in [0.25, 0.3) is 5.91 Å². The van der Waals surface area contributed by atoms with Crippen molar-refractivity contribution in [3.05, 3.63) is 57.4 Å². The largest absolute Gasteiger partial charge is 0.497 e. The third-order valence-corrected chi connectivity index (χ3v) is 7.15. The minimum absolute atomic E-state index is 0.0425. The molecule has 3 aromatic rings. The van der Waals surface area contributed by atoms with E-state index in [1.807, 2.05) is 0 Å². The van der Waals surface area contributed by atoms with E-state index in [0.29, 0.717) is 64.9 Å². The molecule has 1 amide bonds. The van der Waals surface area contributed by atoms with Crippen LogP contribution in [-0.2, 0) is 4.74 Å². The Morgan fingerprint density at radius 3 is 2.24 bits per heavy atom. The summed E-state index contributed by atoms with van der Waals surface area (Å²) < 4.78 is 33.5. The molecule has 3 heterocycles. The van der Waals surface area contributed by atoms with Crippen molar-refractivity contribution in [2.24, 2.45) is 0 Å². The standard InChI is InChI=1S/C28H32N2O8/c1-33-18-6-7-19-20(16-18)38-27-23(25(19)31)24(17-14-21(34-2)26(36-4)22(15-17)35-3)30(28(27)32)9-5-8-29-10-12-37-13-11-29/h6-7,14-16,24H,5,8-13H2,1-4H3. The highest BCUT2D eigenvalue weighted by atomic mass is 16.5. The number of amides is 1. The lowest BCUT2D eigenvalue weighted by Gasteiger charge is -2.29. The summed E-state index contributed by atoms with van der Waals surface area (Å²) in [7, 11) is 6.13. The zero-order chi connectivity index (χ0) is 26.8. The Hall–Kier alpha value is -3.76. The van der Waals surface area contributed by atoms with Gasteiger partial charge in [0.1, 0.15) is 11.3 Å². The van der Waals surface area contributed by atoms with Crippen LogP contribution in [0.5, 0.6) is 23.0 Å². The maximum Gasteiger partial charge on any atom is 0.290 e. The molecule has 0 aliphatic carbocycles. The molecule has 202 valence electrons. The van der Waals surface area contributed by atoms with Crippen molar-refractivity contribution in [2.45, 2.75) is 12.5 Å². The lowest BCUT2D eigenvalue weighted by Crippen LogP contribution is -2.38. The van der Waals surface area contributed by atoms with Crippen molar-refractivity contribution in [3.8, 4) is 23.0 Å². The summed E-state index contributed by atoms with van der Waals surface area (Å²) in [5.74, 6) is 1.55. The van der Waals surface area contributed by atoms with Crippen LogP contribution in [0.2, 0.25) is 0 Å². The van der Waals surface area contributed by atoms with Crippen LogP contribution in [0.3, 0.4) is 0 Å². The summed E-state index contributed by atoms with van der Waals surface area (Å²) in [6.45, 7) is 4.37.